The van der Waals surface area contributed by atoms with Crippen LogP contribution in [0.4, 0.5) is 0 Å². The standard InChI is InChI=1S/C26H23BrSi/c1-20-9-6-14-24(17-20)28(23-12-4-3-5-13-23,25-15-7-10-21(2)18-25)26-16-8-11-22(27)19-26/h3-19H,1-2H3/i1D3,6D,8D,9D,11D,14D,16D,17D,19D. The van der Waals surface area contributed by atoms with Gasteiger partial charge in [0.1, 0.15) is 0 Å². The zero-order valence-electron chi connectivity index (χ0n) is 26.1. The third kappa shape index (κ3) is 3.39. The fourth-order valence-corrected chi connectivity index (χ4v) is 8.30. The zero-order valence-corrected chi connectivity index (χ0v) is 17.7. The summed E-state index contributed by atoms with van der Waals surface area (Å²) in [6, 6.07) is 11.6. The molecule has 28 heavy (non-hydrogen) atoms. The molecule has 0 aliphatic heterocycles. The van der Waals surface area contributed by atoms with Crippen LogP contribution in [-0.2, 0) is 0 Å². The van der Waals surface area contributed by atoms with Crippen LogP contribution in [0, 0.1) is 13.8 Å². The first-order valence-corrected chi connectivity index (χ1v) is 11.5. The van der Waals surface area contributed by atoms with Crippen molar-refractivity contribution in [1.82, 2.24) is 0 Å². The van der Waals surface area contributed by atoms with Gasteiger partial charge in [0, 0.05) is 8.58 Å². The summed E-state index contributed by atoms with van der Waals surface area (Å²) in [6.45, 7) is -1.12. The summed E-state index contributed by atoms with van der Waals surface area (Å²) in [5, 5.41) is 0.841. The fraction of sp³-hybridized carbons (Fsp3) is 0.0769. The summed E-state index contributed by atoms with van der Waals surface area (Å²) < 4.78 is 94.2. The zero-order chi connectivity index (χ0) is 29.0. The Labute approximate surface area is 192 Å². The molecule has 0 spiro atoms. The lowest BCUT2D eigenvalue weighted by molar-refractivity contribution is 1.48. The van der Waals surface area contributed by atoms with Crippen LogP contribution in [0.3, 0.4) is 0 Å². The van der Waals surface area contributed by atoms with E-state index in [1.165, 1.54) is 0 Å². The number of halogens is 1. The summed E-state index contributed by atoms with van der Waals surface area (Å²) in [5.41, 5.74) is 0.109. The van der Waals surface area contributed by atoms with E-state index in [-0.39, 0.29) is 26.9 Å². The van der Waals surface area contributed by atoms with Crippen molar-refractivity contribution in [3.05, 3.63) is 119 Å². The smallest absolute Gasteiger partial charge is 0.0623 e. The van der Waals surface area contributed by atoms with Crippen LogP contribution in [-0.4, -0.2) is 8.07 Å². The molecule has 2 heteroatoms. The fourth-order valence-electron chi connectivity index (χ4n) is 3.48. The van der Waals surface area contributed by atoms with Crippen molar-refractivity contribution in [1.29, 1.82) is 0 Å². The van der Waals surface area contributed by atoms with Gasteiger partial charge in [0.15, 0.2) is 8.07 Å². The van der Waals surface area contributed by atoms with E-state index in [0.717, 1.165) is 5.56 Å². The molecule has 0 aliphatic rings. The maximum atomic E-state index is 9.16. The maximum Gasteiger partial charge on any atom is 0.179 e. The van der Waals surface area contributed by atoms with Crippen LogP contribution in [0.15, 0.2) is 107 Å². The number of aryl methyl sites for hydroxylation is 1. The Kier molecular flexibility index (Phi) is 2.78. The van der Waals surface area contributed by atoms with E-state index in [4.69, 9.17) is 15.1 Å². The van der Waals surface area contributed by atoms with Gasteiger partial charge in [-0.3, -0.25) is 0 Å². The first-order chi connectivity index (χ1) is 18.2. The molecule has 4 rings (SSSR count). The maximum absolute atomic E-state index is 9.16. The second-order valence-corrected chi connectivity index (χ2v) is 10.9. The molecular weight excluding hydrogens is 420 g/mol. The van der Waals surface area contributed by atoms with Gasteiger partial charge < -0.3 is 0 Å². The first-order valence-electron chi connectivity index (χ1n) is 14.2. The van der Waals surface area contributed by atoms with E-state index in [9.17, 15) is 0 Å². The average molecular weight is 455 g/mol. The molecule has 138 valence electrons. The Bertz CT molecular complexity index is 1570. The molecule has 0 saturated carbocycles. The number of rotatable bonds is 4. The van der Waals surface area contributed by atoms with E-state index < -0.39 is 56.7 Å². The highest BCUT2D eigenvalue weighted by Crippen LogP contribution is 2.14. The molecule has 0 fully saturated rings. The molecule has 4 aromatic rings. The van der Waals surface area contributed by atoms with Crippen LogP contribution < -0.4 is 20.7 Å². The molecule has 0 radical (unpaired) electrons. The quantitative estimate of drug-likeness (QED) is 0.316. The van der Waals surface area contributed by atoms with Crippen molar-refractivity contribution in [3.63, 3.8) is 0 Å². The second kappa shape index (κ2) is 7.90. The molecule has 0 nitrogen and oxygen atoms in total. The summed E-state index contributed by atoms with van der Waals surface area (Å²) in [6.07, 6.45) is 0. The van der Waals surface area contributed by atoms with Gasteiger partial charge >= 0.3 is 0 Å². The monoisotopic (exact) mass is 453 g/mol. The Balaban J connectivity index is 2.46. The van der Waals surface area contributed by atoms with E-state index in [2.05, 4.69) is 15.9 Å². The third-order valence-corrected chi connectivity index (χ3v) is 9.40. The van der Waals surface area contributed by atoms with Crippen molar-refractivity contribution in [2.75, 3.05) is 0 Å². The Morgan fingerprint density at radius 3 is 2.21 bits per heavy atom. The minimum absolute atomic E-state index is 0.0113. The molecule has 0 aliphatic carbocycles. The van der Waals surface area contributed by atoms with Gasteiger partial charge in [-0.15, -0.1) is 0 Å². The summed E-state index contributed by atoms with van der Waals surface area (Å²) in [7, 11) is -4.20. The van der Waals surface area contributed by atoms with E-state index in [1.54, 1.807) is 48.5 Å². The van der Waals surface area contributed by atoms with Crippen LogP contribution >= 0.6 is 15.9 Å². The Morgan fingerprint density at radius 2 is 1.46 bits per heavy atom. The minimum atomic E-state index is -4.20. The molecule has 0 saturated heterocycles. The predicted octanol–water partition coefficient (Wildman–Crippen LogP) is 4.44. The molecule has 4 aromatic carbocycles. The average Bonchev–Trinajstić information content (AvgIpc) is 2.88. The lowest BCUT2D eigenvalue weighted by Gasteiger charge is -2.35. The molecule has 1 unspecified atom stereocenters. The third-order valence-electron chi connectivity index (χ3n) is 4.63. The lowest BCUT2D eigenvalue weighted by Crippen LogP contribution is -2.74. The van der Waals surface area contributed by atoms with Crippen molar-refractivity contribution < 1.29 is 15.1 Å². The SMILES string of the molecule is [2H]c1c([2H])c(Br)c([2H])c([Si](c2ccccc2)(c2cccc(C)c2)c2c([2H])c([2H])c([2H])c(C([2H])([2H])[2H])c2[2H])c1[2H]. The van der Waals surface area contributed by atoms with Gasteiger partial charge in [0.05, 0.1) is 11.0 Å². The van der Waals surface area contributed by atoms with Gasteiger partial charge in [0.25, 0.3) is 0 Å². The van der Waals surface area contributed by atoms with Crippen LogP contribution in [0.25, 0.3) is 0 Å². The molecule has 1 atom stereocenters. The normalized spacial score (nSPS) is 19.1. The topological polar surface area (TPSA) is 0 Å². The molecular formula is C26H23BrSi. The molecule has 0 heterocycles. The number of benzene rings is 4. The van der Waals surface area contributed by atoms with E-state index in [1.807, 2.05) is 13.0 Å². The van der Waals surface area contributed by atoms with Gasteiger partial charge in [-0.2, -0.15) is 0 Å². The Hall–Kier alpha value is -2.42. The van der Waals surface area contributed by atoms with Gasteiger partial charge in [-0.05, 0) is 46.6 Å². The lowest BCUT2D eigenvalue weighted by atomic mass is 10.2. The van der Waals surface area contributed by atoms with Gasteiger partial charge in [0.2, 0.25) is 0 Å². The van der Waals surface area contributed by atoms with Crippen LogP contribution in [0.2, 0.25) is 0 Å². The van der Waals surface area contributed by atoms with Crippen molar-refractivity contribution in [2.24, 2.45) is 0 Å². The van der Waals surface area contributed by atoms with E-state index in [0.29, 0.717) is 10.4 Å². The summed E-state index contributed by atoms with van der Waals surface area (Å²) >= 11 is 3.24. The number of hydrogen-bond donors (Lipinski definition) is 0. The minimum Gasteiger partial charge on any atom is -0.0623 e. The molecule has 0 N–H and O–H groups in total. The van der Waals surface area contributed by atoms with Crippen molar-refractivity contribution in [2.45, 2.75) is 13.8 Å². The highest BCUT2D eigenvalue weighted by atomic mass is 79.9. The predicted molar refractivity (Wildman–Crippen MR) is 127 cm³/mol. The van der Waals surface area contributed by atoms with Crippen molar-refractivity contribution >= 4 is 44.8 Å². The largest absolute Gasteiger partial charge is 0.179 e. The van der Waals surface area contributed by atoms with Crippen LogP contribution in [0.1, 0.15) is 26.2 Å². The van der Waals surface area contributed by atoms with E-state index >= 15 is 0 Å². The number of hydrogen-bond acceptors (Lipinski definition) is 0. The summed E-state index contributed by atoms with van der Waals surface area (Å²) in [5.74, 6) is 0. The molecule has 0 aromatic heterocycles. The van der Waals surface area contributed by atoms with Crippen molar-refractivity contribution in [3.8, 4) is 0 Å². The highest BCUT2D eigenvalue weighted by Gasteiger charge is 2.41. The summed E-state index contributed by atoms with van der Waals surface area (Å²) in [4.78, 5) is 0. The highest BCUT2D eigenvalue weighted by molar-refractivity contribution is 9.10. The van der Waals surface area contributed by atoms with Gasteiger partial charge in [-0.1, -0.05) is 118 Å². The second-order valence-electron chi connectivity index (χ2n) is 6.42. The molecule has 0 amide bonds. The van der Waals surface area contributed by atoms with Crippen LogP contribution in [0.5, 0.6) is 0 Å². The molecule has 0 bridgehead atoms. The first kappa shape index (κ1) is 9.86. The Morgan fingerprint density at radius 1 is 0.750 bits per heavy atom. The van der Waals surface area contributed by atoms with Gasteiger partial charge in [-0.25, -0.2) is 0 Å².